The fraction of sp³-hybridized carbons (Fsp3) is 0.583. The van der Waals surface area contributed by atoms with Crippen LogP contribution in [-0.4, -0.2) is 58.5 Å². The highest BCUT2D eigenvalue weighted by Gasteiger charge is 2.22. The Labute approximate surface area is 135 Å². The topological polar surface area (TPSA) is 128 Å². The van der Waals surface area contributed by atoms with E-state index in [1.54, 1.807) is 12.2 Å². The van der Waals surface area contributed by atoms with Crippen LogP contribution in [0.1, 0.15) is 13.3 Å². The molecule has 128 valence electrons. The van der Waals surface area contributed by atoms with Crippen LogP contribution < -0.4 is 5.32 Å². The second kappa shape index (κ2) is 12.8. The molecule has 5 N–H and O–H groups in total. The fourth-order valence-corrected chi connectivity index (χ4v) is 1.73. The summed E-state index contributed by atoms with van der Waals surface area (Å²) in [4.78, 5) is 11.1. The Balaban J connectivity index is 4.70. The molecule has 10 heteroatoms. The SMILES string of the molecule is CC(=O)N/C(=C(\O)[C@@H](O)CCO)[C@@H](O)OC/C=C/COPS. The van der Waals surface area contributed by atoms with Crippen molar-refractivity contribution in [3.8, 4) is 0 Å². The summed E-state index contributed by atoms with van der Waals surface area (Å²) in [6.07, 6.45) is 0.00525. The molecule has 0 rings (SSSR count). The van der Waals surface area contributed by atoms with Gasteiger partial charge in [0.05, 0.1) is 21.2 Å². The Morgan fingerprint density at radius 1 is 1.36 bits per heavy atom. The standard InChI is InChI=1S/C12H22NO7PS/c1-8(15)13-10(11(17)9(16)4-5-14)12(18)19-6-2-3-7-20-21-22/h2-3,9,12,14,16-18,21-22H,4-7H2,1H3,(H,13,15)/b3-2+,11-10-/t9-,12-/m0/s1. The summed E-state index contributed by atoms with van der Waals surface area (Å²) >= 11 is 3.88. The molecule has 0 aromatic carbocycles. The molecule has 22 heavy (non-hydrogen) atoms. The lowest BCUT2D eigenvalue weighted by molar-refractivity contribution is -0.120. The lowest BCUT2D eigenvalue weighted by Crippen LogP contribution is -2.34. The third-order valence-electron chi connectivity index (χ3n) is 2.31. The van der Waals surface area contributed by atoms with Crippen LogP contribution in [0.3, 0.4) is 0 Å². The number of ether oxygens (including phenoxy) is 1. The first-order chi connectivity index (χ1) is 10.4. The fourth-order valence-electron chi connectivity index (χ4n) is 1.33. The molecule has 0 saturated carbocycles. The molecule has 0 aliphatic heterocycles. The molecule has 0 aliphatic rings. The molecule has 0 fully saturated rings. The van der Waals surface area contributed by atoms with Gasteiger partial charge in [-0.2, -0.15) is 0 Å². The van der Waals surface area contributed by atoms with E-state index >= 15 is 0 Å². The minimum Gasteiger partial charge on any atom is -0.508 e. The zero-order valence-corrected chi connectivity index (χ0v) is 14.0. The molecule has 1 amide bonds. The summed E-state index contributed by atoms with van der Waals surface area (Å²) in [5, 5.41) is 40.2. The first-order valence-electron chi connectivity index (χ1n) is 6.39. The quantitative estimate of drug-likeness (QED) is 0.0767. The van der Waals surface area contributed by atoms with Crippen molar-refractivity contribution in [3.63, 3.8) is 0 Å². The van der Waals surface area contributed by atoms with Crippen LogP contribution in [0.25, 0.3) is 0 Å². The second-order valence-corrected chi connectivity index (χ2v) is 5.09. The Hall–Kier alpha value is -0.670. The number of carbonyl (C=O) groups excluding carboxylic acids is 1. The number of carbonyl (C=O) groups is 1. The Morgan fingerprint density at radius 3 is 2.55 bits per heavy atom. The van der Waals surface area contributed by atoms with Crippen LogP contribution in [0, 0.1) is 0 Å². The van der Waals surface area contributed by atoms with Gasteiger partial charge in [0.1, 0.15) is 17.6 Å². The maximum atomic E-state index is 11.1. The van der Waals surface area contributed by atoms with Gasteiger partial charge in [0, 0.05) is 20.0 Å². The summed E-state index contributed by atoms with van der Waals surface area (Å²) in [6, 6.07) is 0. The summed E-state index contributed by atoms with van der Waals surface area (Å²) in [7, 11) is 0.0681. The molecule has 0 heterocycles. The molecule has 0 aliphatic carbocycles. The van der Waals surface area contributed by atoms with Crippen molar-refractivity contribution in [3.05, 3.63) is 23.6 Å². The van der Waals surface area contributed by atoms with Gasteiger partial charge < -0.3 is 35.0 Å². The minimum absolute atomic E-state index is 0.00727. The number of thiol groups is 1. The van der Waals surface area contributed by atoms with E-state index in [4.69, 9.17) is 14.4 Å². The zero-order chi connectivity index (χ0) is 17.0. The molecule has 0 radical (unpaired) electrons. The molecule has 0 bridgehead atoms. The molecule has 0 saturated heterocycles. The predicted octanol–water partition coefficient (Wildman–Crippen LogP) is -0.0185. The maximum Gasteiger partial charge on any atom is 0.221 e. The molecule has 0 aromatic heterocycles. The van der Waals surface area contributed by atoms with Crippen LogP contribution in [0.4, 0.5) is 0 Å². The molecular formula is C12H22NO7PS. The van der Waals surface area contributed by atoms with Crippen LogP contribution in [0.2, 0.25) is 0 Å². The number of rotatable bonds is 11. The number of hydrogen-bond donors (Lipinski definition) is 6. The van der Waals surface area contributed by atoms with Gasteiger partial charge in [0.2, 0.25) is 5.91 Å². The summed E-state index contributed by atoms with van der Waals surface area (Å²) in [5.74, 6) is -1.22. The van der Waals surface area contributed by atoms with Gasteiger partial charge in [0.15, 0.2) is 6.29 Å². The van der Waals surface area contributed by atoms with Gasteiger partial charge >= 0.3 is 0 Å². The summed E-state index contributed by atoms with van der Waals surface area (Å²) in [6.45, 7) is 1.14. The normalized spacial score (nSPS) is 16.0. The Morgan fingerprint density at radius 2 is 2.00 bits per heavy atom. The predicted molar refractivity (Wildman–Crippen MR) is 85.5 cm³/mol. The van der Waals surface area contributed by atoms with E-state index in [1.165, 1.54) is 6.92 Å². The first kappa shape index (κ1) is 21.3. The highest BCUT2D eigenvalue weighted by Crippen LogP contribution is 2.15. The van der Waals surface area contributed by atoms with E-state index in [0.717, 1.165) is 0 Å². The van der Waals surface area contributed by atoms with Gasteiger partial charge in [-0.1, -0.05) is 12.2 Å². The van der Waals surface area contributed by atoms with E-state index in [-0.39, 0.29) is 33.3 Å². The summed E-state index contributed by atoms with van der Waals surface area (Å²) in [5.41, 5.74) is -0.366. The average Bonchev–Trinajstić information content (AvgIpc) is 2.47. The lowest BCUT2D eigenvalue weighted by Gasteiger charge is -2.19. The largest absolute Gasteiger partial charge is 0.508 e. The van der Waals surface area contributed by atoms with Crippen molar-refractivity contribution in [1.82, 2.24) is 5.32 Å². The monoisotopic (exact) mass is 355 g/mol. The molecule has 0 aromatic rings. The van der Waals surface area contributed by atoms with Gasteiger partial charge in [-0.25, -0.2) is 0 Å². The number of hydrogen-bond acceptors (Lipinski definition) is 8. The van der Waals surface area contributed by atoms with E-state index < -0.39 is 24.1 Å². The Bertz CT molecular complexity index is 392. The molecule has 8 nitrogen and oxygen atoms in total. The molecule has 3 atom stereocenters. The third kappa shape index (κ3) is 9.37. The van der Waals surface area contributed by atoms with E-state index in [0.29, 0.717) is 6.61 Å². The number of nitrogens with one attached hydrogen (secondary N) is 1. The van der Waals surface area contributed by atoms with Crippen LogP contribution in [0.5, 0.6) is 0 Å². The second-order valence-electron chi connectivity index (χ2n) is 4.07. The highest BCUT2D eigenvalue weighted by atomic mass is 32.7. The lowest BCUT2D eigenvalue weighted by atomic mass is 10.2. The van der Waals surface area contributed by atoms with Crippen molar-refractivity contribution >= 4 is 26.2 Å². The van der Waals surface area contributed by atoms with Crippen molar-refractivity contribution in [2.75, 3.05) is 19.8 Å². The maximum absolute atomic E-state index is 11.1. The van der Waals surface area contributed by atoms with Crippen LogP contribution in [0.15, 0.2) is 23.6 Å². The minimum atomic E-state index is -1.64. The number of aliphatic hydroxyl groups is 4. The van der Waals surface area contributed by atoms with Gasteiger partial charge in [-0.3, -0.25) is 4.79 Å². The zero-order valence-electron chi connectivity index (χ0n) is 12.1. The summed E-state index contributed by atoms with van der Waals surface area (Å²) < 4.78 is 9.99. The van der Waals surface area contributed by atoms with E-state index in [2.05, 4.69) is 17.6 Å². The molecular weight excluding hydrogens is 333 g/mol. The highest BCUT2D eigenvalue weighted by molar-refractivity contribution is 8.36. The van der Waals surface area contributed by atoms with E-state index in [1.807, 2.05) is 0 Å². The third-order valence-corrected chi connectivity index (χ3v) is 3.00. The number of aliphatic hydroxyl groups excluding tert-OH is 4. The van der Waals surface area contributed by atoms with Crippen LogP contribution >= 0.6 is 20.3 Å². The molecule has 0 spiro atoms. The number of amides is 1. The van der Waals surface area contributed by atoms with Gasteiger partial charge in [0.25, 0.3) is 0 Å². The van der Waals surface area contributed by atoms with Gasteiger partial charge in [-0.05, 0) is 0 Å². The van der Waals surface area contributed by atoms with Crippen molar-refractivity contribution < 1.29 is 34.5 Å². The van der Waals surface area contributed by atoms with Crippen molar-refractivity contribution in [2.45, 2.75) is 25.7 Å². The van der Waals surface area contributed by atoms with Crippen molar-refractivity contribution in [1.29, 1.82) is 0 Å². The molecule has 1 unspecified atom stereocenters. The van der Waals surface area contributed by atoms with Crippen LogP contribution in [-0.2, 0) is 14.1 Å². The Kier molecular flexibility index (Phi) is 12.4. The average molecular weight is 355 g/mol. The van der Waals surface area contributed by atoms with E-state index in [9.17, 15) is 20.1 Å². The smallest absolute Gasteiger partial charge is 0.221 e. The van der Waals surface area contributed by atoms with Crippen molar-refractivity contribution in [2.24, 2.45) is 0 Å². The van der Waals surface area contributed by atoms with Gasteiger partial charge in [-0.15, -0.1) is 12.2 Å². The first-order valence-corrected chi connectivity index (χ1v) is 8.58.